The van der Waals surface area contributed by atoms with Crippen molar-refractivity contribution in [3.63, 3.8) is 0 Å². The Morgan fingerprint density at radius 1 is 1.17 bits per heavy atom. The average Bonchev–Trinajstić information content (AvgIpc) is 2.94. The van der Waals surface area contributed by atoms with Gasteiger partial charge in [-0.25, -0.2) is 4.79 Å². The summed E-state index contributed by atoms with van der Waals surface area (Å²) < 4.78 is 4.44. The quantitative estimate of drug-likeness (QED) is 0.410. The number of carbonyl (C=O) groups is 3. The van der Waals surface area contributed by atoms with Gasteiger partial charge in [0, 0.05) is 18.6 Å². The predicted molar refractivity (Wildman–Crippen MR) is 106 cm³/mol. The average molecular weight is 408 g/mol. The van der Waals surface area contributed by atoms with E-state index in [2.05, 4.69) is 32.1 Å². The first-order chi connectivity index (χ1) is 13.5. The molecule has 2 rings (SSSR count). The molecule has 1 aliphatic heterocycles. The van der Waals surface area contributed by atoms with E-state index in [4.69, 9.17) is 4.84 Å². The summed E-state index contributed by atoms with van der Waals surface area (Å²) >= 11 is 0. The van der Waals surface area contributed by atoms with E-state index in [-0.39, 0.29) is 29.7 Å². The highest BCUT2D eigenvalue weighted by molar-refractivity contribution is 5.82. The number of allylic oxidation sites excluding steroid dienone is 1. The van der Waals surface area contributed by atoms with Crippen LogP contribution in [0.2, 0.25) is 0 Å². The number of rotatable bonds is 5. The fraction of sp³-hybridized carbons (Fsp3) is 0.450. The Morgan fingerprint density at radius 3 is 2.03 bits per heavy atom. The molecule has 1 aromatic carbocycles. The lowest BCUT2D eigenvalue weighted by atomic mass is 10.2. The Bertz CT molecular complexity index is 693. The van der Waals surface area contributed by atoms with Crippen molar-refractivity contribution in [2.75, 3.05) is 0 Å². The van der Waals surface area contributed by atoms with Crippen LogP contribution in [0.3, 0.4) is 0 Å². The van der Waals surface area contributed by atoms with E-state index in [9.17, 15) is 24.5 Å². The number of ether oxygens (including phenoxy) is 1. The SMILES string of the molecule is C=C1CCC(=O)N1OC(=O)C(C)C.CC(C)C.O=COc1ccc([N+](=O)[O-])cc1. The summed E-state index contributed by atoms with van der Waals surface area (Å²) in [6.45, 7) is 13.8. The van der Waals surface area contributed by atoms with Crippen molar-refractivity contribution < 1.29 is 28.9 Å². The highest BCUT2D eigenvalue weighted by atomic mass is 16.7. The van der Waals surface area contributed by atoms with Gasteiger partial charge >= 0.3 is 5.97 Å². The Balaban J connectivity index is 0.000000459. The van der Waals surface area contributed by atoms with Gasteiger partial charge in [-0.15, -0.1) is 5.06 Å². The first-order valence-corrected chi connectivity index (χ1v) is 9.06. The van der Waals surface area contributed by atoms with E-state index in [0.717, 1.165) is 11.0 Å². The topological polar surface area (TPSA) is 116 Å². The molecule has 9 heteroatoms. The zero-order valence-electron chi connectivity index (χ0n) is 17.4. The van der Waals surface area contributed by atoms with Crippen molar-refractivity contribution in [1.29, 1.82) is 0 Å². The first-order valence-electron chi connectivity index (χ1n) is 9.06. The molecule has 1 fully saturated rings. The molecule has 0 bridgehead atoms. The smallest absolute Gasteiger partial charge is 0.335 e. The Kier molecular flexibility index (Phi) is 11.6. The van der Waals surface area contributed by atoms with Crippen LogP contribution in [0.25, 0.3) is 0 Å². The maximum atomic E-state index is 11.1. The summed E-state index contributed by atoms with van der Waals surface area (Å²) in [5, 5.41) is 11.2. The van der Waals surface area contributed by atoms with Gasteiger partial charge in [0.05, 0.1) is 16.5 Å². The largest absolute Gasteiger partial charge is 0.429 e. The van der Waals surface area contributed by atoms with Gasteiger partial charge in [0.2, 0.25) is 0 Å². The predicted octanol–water partition coefficient (Wildman–Crippen LogP) is 4.03. The molecule has 160 valence electrons. The summed E-state index contributed by atoms with van der Waals surface area (Å²) in [6.07, 6.45) is 0.953. The monoisotopic (exact) mass is 408 g/mol. The second-order valence-corrected chi connectivity index (χ2v) is 7.02. The number of nitrogens with zero attached hydrogens (tertiary/aromatic N) is 2. The van der Waals surface area contributed by atoms with Crippen LogP contribution >= 0.6 is 0 Å². The van der Waals surface area contributed by atoms with E-state index >= 15 is 0 Å². The van der Waals surface area contributed by atoms with Crippen molar-refractivity contribution in [3.8, 4) is 5.75 Å². The van der Waals surface area contributed by atoms with E-state index in [1.165, 1.54) is 24.3 Å². The van der Waals surface area contributed by atoms with Gasteiger partial charge in [0.1, 0.15) is 5.75 Å². The van der Waals surface area contributed by atoms with Crippen molar-refractivity contribution in [2.45, 2.75) is 47.5 Å². The fourth-order valence-electron chi connectivity index (χ4n) is 1.64. The third-order valence-electron chi connectivity index (χ3n) is 3.03. The number of amides is 1. The van der Waals surface area contributed by atoms with E-state index < -0.39 is 10.9 Å². The molecule has 0 unspecified atom stereocenters. The summed E-state index contributed by atoms with van der Waals surface area (Å²) in [7, 11) is 0. The van der Waals surface area contributed by atoms with Crippen LogP contribution in [0, 0.1) is 22.0 Å². The third-order valence-corrected chi connectivity index (χ3v) is 3.03. The number of nitro groups is 1. The van der Waals surface area contributed by atoms with Crippen LogP contribution in [0.5, 0.6) is 5.75 Å². The van der Waals surface area contributed by atoms with Gasteiger partial charge in [-0.2, -0.15) is 0 Å². The Labute approximate surface area is 170 Å². The minimum atomic E-state index is -0.523. The number of hydrogen-bond acceptors (Lipinski definition) is 7. The zero-order valence-corrected chi connectivity index (χ0v) is 17.4. The maximum absolute atomic E-state index is 11.1. The summed E-state index contributed by atoms with van der Waals surface area (Å²) in [6, 6.07) is 5.23. The highest BCUT2D eigenvalue weighted by Gasteiger charge is 2.28. The second-order valence-electron chi connectivity index (χ2n) is 7.02. The van der Waals surface area contributed by atoms with Crippen LogP contribution in [0.15, 0.2) is 36.5 Å². The van der Waals surface area contributed by atoms with Crippen molar-refractivity contribution in [1.82, 2.24) is 5.06 Å². The van der Waals surface area contributed by atoms with E-state index in [1.54, 1.807) is 13.8 Å². The van der Waals surface area contributed by atoms with Gasteiger partial charge < -0.3 is 9.57 Å². The molecule has 9 nitrogen and oxygen atoms in total. The molecular formula is C20H28N2O7. The maximum Gasteiger partial charge on any atom is 0.335 e. The van der Waals surface area contributed by atoms with Crippen molar-refractivity contribution in [3.05, 3.63) is 46.7 Å². The molecule has 1 amide bonds. The molecule has 29 heavy (non-hydrogen) atoms. The van der Waals surface area contributed by atoms with Crippen LogP contribution in [0.4, 0.5) is 5.69 Å². The molecule has 1 saturated heterocycles. The molecular weight excluding hydrogens is 380 g/mol. The number of carbonyl (C=O) groups excluding carboxylic acids is 3. The van der Waals surface area contributed by atoms with Gasteiger partial charge in [0.15, 0.2) is 0 Å². The van der Waals surface area contributed by atoms with Crippen LogP contribution in [0.1, 0.15) is 47.5 Å². The molecule has 0 N–H and O–H groups in total. The molecule has 0 aromatic heterocycles. The minimum absolute atomic E-state index is 0.0340. The van der Waals surface area contributed by atoms with Crippen LogP contribution in [-0.4, -0.2) is 28.3 Å². The number of nitro benzene ring substituents is 1. The molecule has 1 aliphatic rings. The Hall–Kier alpha value is -3.23. The van der Waals surface area contributed by atoms with Crippen molar-refractivity contribution in [2.24, 2.45) is 11.8 Å². The molecule has 0 atom stereocenters. The van der Waals surface area contributed by atoms with Gasteiger partial charge in [-0.1, -0.05) is 41.2 Å². The van der Waals surface area contributed by atoms with E-state index in [0.29, 0.717) is 18.5 Å². The van der Waals surface area contributed by atoms with Crippen molar-refractivity contribution >= 4 is 24.0 Å². The van der Waals surface area contributed by atoms with Gasteiger partial charge in [-0.3, -0.25) is 19.7 Å². The first kappa shape index (κ1) is 25.8. The fourth-order valence-corrected chi connectivity index (χ4v) is 1.64. The number of hydrogen-bond donors (Lipinski definition) is 0. The highest BCUT2D eigenvalue weighted by Crippen LogP contribution is 2.21. The molecule has 1 heterocycles. The molecule has 1 aromatic rings. The molecule has 0 radical (unpaired) electrons. The number of hydroxylamine groups is 2. The zero-order chi connectivity index (χ0) is 22.6. The molecule has 0 aliphatic carbocycles. The van der Waals surface area contributed by atoms with Gasteiger partial charge in [-0.05, 0) is 24.5 Å². The summed E-state index contributed by atoms with van der Waals surface area (Å²) in [4.78, 5) is 46.6. The third kappa shape index (κ3) is 10.6. The molecule has 0 spiro atoms. The van der Waals surface area contributed by atoms with Crippen LogP contribution in [-0.2, 0) is 19.2 Å². The van der Waals surface area contributed by atoms with E-state index in [1.807, 2.05) is 0 Å². The number of non-ortho nitro benzene ring substituents is 1. The van der Waals surface area contributed by atoms with Gasteiger partial charge in [0.25, 0.3) is 18.1 Å². The standard InChI is InChI=1S/C9H13NO3.C7H5NO4.C4H10/c1-6(2)9(12)13-10-7(3)4-5-8(10)11;9-5-12-7-3-1-6(2-4-7)8(10)11;1-4(2)3/h6H,3-5H2,1-2H3;1-5H;4H,1-3H3. The normalized spacial score (nSPS) is 12.6. The van der Waals surface area contributed by atoms with Crippen LogP contribution < -0.4 is 4.74 Å². The minimum Gasteiger partial charge on any atom is -0.429 e. The lowest BCUT2D eigenvalue weighted by molar-refractivity contribution is -0.384. The summed E-state index contributed by atoms with van der Waals surface area (Å²) in [5.74, 6) is 0.284. The lowest BCUT2D eigenvalue weighted by Gasteiger charge is -2.16. The molecule has 0 saturated carbocycles. The number of benzene rings is 1. The second kappa shape index (κ2) is 13.0. The summed E-state index contributed by atoms with van der Waals surface area (Å²) in [5.41, 5.74) is 0.521. The Morgan fingerprint density at radius 2 is 1.69 bits per heavy atom. The lowest BCUT2D eigenvalue weighted by Crippen LogP contribution is -2.28.